The van der Waals surface area contributed by atoms with E-state index in [0.717, 1.165) is 0 Å². The molecule has 12 heavy (non-hydrogen) atoms. The van der Waals surface area contributed by atoms with Crippen LogP contribution in [0, 0.1) is 0 Å². The molecule has 0 radical (unpaired) electrons. The Balaban J connectivity index is -0.000000142. The third-order valence-electron chi connectivity index (χ3n) is 0.376. The van der Waals surface area contributed by atoms with Crippen molar-refractivity contribution in [2.75, 3.05) is 0 Å². The van der Waals surface area contributed by atoms with E-state index in [1.54, 1.807) is 22.6 Å². The minimum atomic E-state index is -2.17. The summed E-state index contributed by atoms with van der Waals surface area (Å²) in [6, 6.07) is 0. The molecule has 9 heteroatoms. The molecule has 5 nitrogen and oxygen atoms in total. The zero-order valence-electron chi connectivity index (χ0n) is 5.53. The van der Waals surface area contributed by atoms with Crippen LogP contribution < -0.4 is 0 Å². The number of hydrogen-bond donors (Lipinski definition) is 4. The summed E-state index contributed by atoms with van der Waals surface area (Å²) in [5, 5.41) is 29.6. The van der Waals surface area contributed by atoms with Crippen molar-refractivity contribution in [3.8, 4) is 0 Å². The monoisotopic (exact) mass is 304 g/mol. The number of halogens is 2. The van der Waals surface area contributed by atoms with Crippen LogP contribution >= 0.6 is 34.2 Å². The molecule has 0 amide bonds. The van der Waals surface area contributed by atoms with E-state index in [4.69, 9.17) is 31.8 Å². The van der Waals surface area contributed by atoms with Gasteiger partial charge in [-0.05, 0) is 29.5 Å². The van der Waals surface area contributed by atoms with Crippen LogP contribution in [0.3, 0.4) is 0 Å². The van der Waals surface area contributed by atoms with Gasteiger partial charge in [0.05, 0.1) is 0 Å². The molecule has 1 atom stereocenters. The zero-order chi connectivity index (χ0) is 9.65. The second-order valence-electron chi connectivity index (χ2n) is 1.54. The second kappa shape index (κ2) is 8.62. The number of hydrogen-bond acceptors (Lipinski definition) is 4. The molecular formula is C3H8BClILiO5. The topological polar surface area (TPSA) is 98.0 Å². The third kappa shape index (κ3) is 22.5. The van der Waals surface area contributed by atoms with Gasteiger partial charge in [0.25, 0.3) is 0 Å². The normalized spacial score (nSPS) is 12.8. The number of carboxylic acid groups (broad SMARTS) is 1. The predicted molar refractivity (Wildman–Crippen MR) is 55.5 cm³/mol. The van der Waals surface area contributed by atoms with Crippen LogP contribution in [0.25, 0.3) is 0 Å². The summed E-state index contributed by atoms with van der Waals surface area (Å²) in [5.41, 5.74) is 0. The molecule has 4 N–H and O–H groups in total. The molecule has 0 bridgehead atoms. The van der Waals surface area contributed by atoms with Gasteiger partial charge in [0.15, 0.2) is 2.88 Å². The van der Waals surface area contributed by atoms with Gasteiger partial charge in [-0.15, -0.1) is 0 Å². The Morgan fingerprint density at radius 2 is 1.58 bits per heavy atom. The quantitative estimate of drug-likeness (QED) is 0.276. The number of alkyl halides is 2. The summed E-state index contributed by atoms with van der Waals surface area (Å²) in [6.07, 6.45) is 0. The Hall–Kier alpha value is 1.03. The van der Waals surface area contributed by atoms with Crippen molar-refractivity contribution in [3.63, 3.8) is 0 Å². The van der Waals surface area contributed by atoms with Gasteiger partial charge >= 0.3 is 32.2 Å². The van der Waals surface area contributed by atoms with Gasteiger partial charge in [-0.2, -0.15) is 0 Å². The Morgan fingerprint density at radius 3 is 1.58 bits per heavy atom. The molecule has 1 unspecified atom stereocenters. The molecule has 0 aliphatic carbocycles. The van der Waals surface area contributed by atoms with E-state index in [2.05, 4.69) is 0 Å². The first-order chi connectivity index (χ1) is 4.68. The molecule has 0 aromatic rings. The second-order valence-corrected chi connectivity index (χ2v) is 5.09. The van der Waals surface area contributed by atoms with Crippen molar-refractivity contribution in [1.29, 1.82) is 0 Å². The van der Waals surface area contributed by atoms with Crippen molar-refractivity contribution >= 4 is 66.3 Å². The summed E-state index contributed by atoms with van der Waals surface area (Å²) in [4.78, 5) is 9.88. The summed E-state index contributed by atoms with van der Waals surface area (Å²) in [7, 11) is -2.17. The Labute approximate surface area is 101 Å². The van der Waals surface area contributed by atoms with E-state index in [0.29, 0.717) is 0 Å². The van der Waals surface area contributed by atoms with E-state index in [-0.39, 0.29) is 18.9 Å². The Morgan fingerprint density at radius 1 is 1.50 bits per heavy atom. The first-order valence-electron chi connectivity index (χ1n) is 2.33. The van der Waals surface area contributed by atoms with Gasteiger partial charge in [-0.1, -0.05) is 11.6 Å². The molecule has 0 aliphatic rings. The SMILES string of the molecule is CC(Cl)(I)C(=O)O.OB(O)O.[LiH]. The van der Waals surface area contributed by atoms with Crippen molar-refractivity contribution in [2.24, 2.45) is 0 Å². The number of carboxylic acids is 1. The Bertz CT molecular complexity index is 126. The van der Waals surface area contributed by atoms with Gasteiger partial charge in [-0.25, -0.2) is 4.79 Å². The fourth-order valence-corrected chi connectivity index (χ4v) is 0. The first-order valence-corrected chi connectivity index (χ1v) is 3.79. The standard InChI is InChI=1S/C3H4ClIO2.BH3O3.Li.H/c1-3(4,5)2(6)7;2-1(3)4;;/h1H3,(H,6,7);2-4H;;. The zero-order valence-corrected chi connectivity index (χ0v) is 8.44. The number of rotatable bonds is 1. The van der Waals surface area contributed by atoms with Crippen molar-refractivity contribution in [3.05, 3.63) is 0 Å². The summed E-state index contributed by atoms with van der Waals surface area (Å²) >= 11 is 6.89. The van der Waals surface area contributed by atoms with Crippen LogP contribution in [0.2, 0.25) is 0 Å². The van der Waals surface area contributed by atoms with Crippen LogP contribution in [0.15, 0.2) is 0 Å². The molecule has 0 heterocycles. The van der Waals surface area contributed by atoms with Gasteiger partial charge in [0.2, 0.25) is 0 Å². The first kappa shape index (κ1) is 18.7. The maximum atomic E-state index is 9.88. The molecule has 0 aromatic heterocycles. The average Bonchev–Trinajstić information content (AvgIpc) is 1.59. The molecule has 0 saturated heterocycles. The molecule has 68 valence electrons. The van der Waals surface area contributed by atoms with E-state index in [1.165, 1.54) is 6.92 Å². The molecule has 0 spiro atoms. The molecular weight excluding hydrogens is 296 g/mol. The number of aliphatic carboxylic acids is 1. The van der Waals surface area contributed by atoms with Crippen LogP contribution in [-0.4, -0.2) is 55.2 Å². The fourth-order valence-electron chi connectivity index (χ4n) is 0. The van der Waals surface area contributed by atoms with Gasteiger partial charge in [0, 0.05) is 0 Å². The van der Waals surface area contributed by atoms with Gasteiger partial charge in [0.1, 0.15) is 0 Å². The summed E-state index contributed by atoms with van der Waals surface area (Å²) in [6.45, 7) is 1.41. The van der Waals surface area contributed by atoms with Crippen molar-refractivity contribution < 1.29 is 25.0 Å². The molecule has 0 fully saturated rings. The van der Waals surface area contributed by atoms with Crippen LogP contribution in [0.1, 0.15) is 6.92 Å². The maximum absolute atomic E-state index is 9.88. The predicted octanol–water partition coefficient (Wildman–Crippen LogP) is -1.24. The molecule has 0 aromatic carbocycles. The van der Waals surface area contributed by atoms with Crippen molar-refractivity contribution in [1.82, 2.24) is 0 Å². The average molecular weight is 304 g/mol. The third-order valence-corrected chi connectivity index (χ3v) is 0.999. The minimum absolute atomic E-state index is 0. The van der Waals surface area contributed by atoms with Gasteiger partial charge in [-0.3, -0.25) is 0 Å². The number of carbonyl (C=O) groups is 1. The van der Waals surface area contributed by atoms with Crippen molar-refractivity contribution in [2.45, 2.75) is 9.80 Å². The van der Waals surface area contributed by atoms with Crippen LogP contribution in [-0.2, 0) is 4.79 Å². The molecule has 0 aliphatic heterocycles. The summed E-state index contributed by atoms with van der Waals surface area (Å²) in [5.74, 6) is -1.00. The van der Waals surface area contributed by atoms with Crippen LogP contribution in [0.5, 0.6) is 0 Å². The fraction of sp³-hybridized carbons (Fsp3) is 0.667. The van der Waals surface area contributed by atoms with E-state index in [1.807, 2.05) is 0 Å². The molecule has 0 rings (SSSR count). The summed E-state index contributed by atoms with van der Waals surface area (Å²) < 4.78 is -1.14. The molecule has 0 saturated carbocycles. The van der Waals surface area contributed by atoms with Gasteiger partial charge < -0.3 is 20.2 Å². The van der Waals surface area contributed by atoms with E-state index < -0.39 is 16.2 Å². The van der Waals surface area contributed by atoms with Crippen LogP contribution in [0.4, 0.5) is 0 Å². The van der Waals surface area contributed by atoms with E-state index >= 15 is 0 Å². The van der Waals surface area contributed by atoms with E-state index in [9.17, 15) is 4.79 Å². The Kier molecular flexibility index (Phi) is 13.5.